The van der Waals surface area contributed by atoms with Crippen molar-refractivity contribution in [3.05, 3.63) is 64.0 Å². The third-order valence-electron chi connectivity index (χ3n) is 3.28. The summed E-state index contributed by atoms with van der Waals surface area (Å²) < 4.78 is 3.30. The van der Waals surface area contributed by atoms with Crippen molar-refractivity contribution in [3.63, 3.8) is 0 Å². The average Bonchev–Trinajstić information content (AvgIpc) is 3.06. The van der Waals surface area contributed by atoms with Crippen LogP contribution in [0.3, 0.4) is 0 Å². The van der Waals surface area contributed by atoms with Crippen LogP contribution in [-0.2, 0) is 0 Å². The molecule has 3 aromatic rings. The van der Waals surface area contributed by atoms with Gasteiger partial charge >= 0.3 is 5.97 Å². The quantitative estimate of drug-likeness (QED) is 0.787. The van der Waals surface area contributed by atoms with Gasteiger partial charge in [-0.25, -0.2) is 9.48 Å². The molecule has 0 aliphatic carbocycles. The number of halogens is 2. The number of aromatic carboxylic acids is 1. The lowest BCUT2D eigenvalue weighted by Gasteiger charge is -2.11. The van der Waals surface area contributed by atoms with Crippen LogP contribution in [0.15, 0.2) is 42.7 Å². The summed E-state index contributed by atoms with van der Waals surface area (Å²) in [5.41, 5.74) is 1.09. The molecule has 112 valence electrons. The highest BCUT2D eigenvalue weighted by Crippen LogP contribution is 2.28. The van der Waals surface area contributed by atoms with Gasteiger partial charge in [0.25, 0.3) is 0 Å². The number of carboxylic acids is 1. The molecule has 0 unspecified atom stereocenters. The molecule has 3 rings (SSSR count). The molecular formula is C15H11Cl2N3O2. The summed E-state index contributed by atoms with van der Waals surface area (Å²) in [5.74, 6) is -0.471. The zero-order valence-corrected chi connectivity index (χ0v) is 13.0. The molecule has 22 heavy (non-hydrogen) atoms. The highest BCUT2D eigenvalue weighted by molar-refractivity contribution is 6.35. The molecule has 2 heterocycles. The Labute approximate surface area is 136 Å². The Kier molecular flexibility index (Phi) is 3.68. The predicted octanol–water partition coefficient (Wildman–Crippen LogP) is 3.98. The van der Waals surface area contributed by atoms with E-state index in [1.165, 1.54) is 4.68 Å². The van der Waals surface area contributed by atoms with Crippen LogP contribution in [0.4, 0.5) is 0 Å². The van der Waals surface area contributed by atoms with Gasteiger partial charge < -0.3 is 9.67 Å². The number of hydrogen-bond acceptors (Lipinski definition) is 2. The second kappa shape index (κ2) is 5.51. The number of carboxylic acid groups (broad SMARTS) is 1. The molecule has 0 saturated heterocycles. The fourth-order valence-corrected chi connectivity index (χ4v) is 2.78. The third-order valence-corrected chi connectivity index (χ3v) is 3.82. The number of benzene rings is 1. The van der Waals surface area contributed by atoms with Gasteiger partial charge in [0.1, 0.15) is 5.82 Å². The molecule has 1 N–H and O–H groups in total. The zero-order chi connectivity index (χ0) is 15.9. The minimum atomic E-state index is -1.09. The summed E-state index contributed by atoms with van der Waals surface area (Å²) in [6.07, 6.45) is 3.63. The van der Waals surface area contributed by atoms with Gasteiger partial charge in [0, 0.05) is 23.0 Å². The highest BCUT2D eigenvalue weighted by atomic mass is 35.5. The third kappa shape index (κ3) is 2.38. The Morgan fingerprint density at radius 1 is 1.23 bits per heavy atom. The second-order valence-electron chi connectivity index (χ2n) is 4.70. The number of nitrogens with zero attached hydrogens (tertiary/aromatic N) is 3. The molecule has 0 bridgehead atoms. The molecule has 7 heteroatoms. The lowest BCUT2D eigenvalue weighted by Crippen LogP contribution is -2.06. The van der Waals surface area contributed by atoms with Gasteiger partial charge in [-0.15, -0.1) is 0 Å². The molecule has 0 aliphatic rings. The van der Waals surface area contributed by atoms with E-state index < -0.39 is 5.97 Å². The highest BCUT2D eigenvalue weighted by Gasteiger charge is 2.22. The van der Waals surface area contributed by atoms with Gasteiger partial charge in [-0.05, 0) is 37.3 Å². The minimum Gasteiger partial charge on any atom is -0.476 e. The van der Waals surface area contributed by atoms with Crippen molar-refractivity contribution >= 4 is 29.2 Å². The first-order chi connectivity index (χ1) is 10.5. The van der Waals surface area contributed by atoms with Crippen molar-refractivity contribution in [1.29, 1.82) is 0 Å². The topological polar surface area (TPSA) is 60.0 Å². The van der Waals surface area contributed by atoms with Gasteiger partial charge in [-0.1, -0.05) is 23.2 Å². The standard InChI is InChI=1S/C15H11Cl2N3O2/c1-9-13(15(21)22)18-20(14(9)19-6-2-3-7-19)12-5-4-10(16)8-11(12)17/h2-8H,1H3,(H,21,22). The molecule has 0 radical (unpaired) electrons. The van der Waals surface area contributed by atoms with E-state index in [9.17, 15) is 9.90 Å². The monoisotopic (exact) mass is 335 g/mol. The van der Waals surface area contributed by atoms with E-state index in [1.54, 1.807) is 29.7 Å². The molecule has 5 nitrogen and oxygen atoms in total. The smallest absolute Gasteiger partial charge is 0.356 e. The summed E-state index contributed by atoms with van der Waals surface area (Å²) in [7, 11) is 0. The maximum atomic E-state index is 11.4. The van der Waals surface area contributed by atoms with E-state index in [0.717, 1.165) is 0 Å². The van der Waals surface area contributed by atoms with Crippen LogP contribution in [0, 0.1) is 6.92 Å². The van der Waals surface area contributed by atoms with Gasteiger partial charge in [-0.3, -0.25) is 0 Å². The SMILES string of the molecule is Cc1c(C(=O)O)nn(-c2ccc(Cl)cc2Cl)c1-n1cccc1. The molecule has 0 aliphatic heterocycles. The summed E-state index contributed by atoms with van der Waals surface area (Å²) in [4.78, 5) is 11.4. The molecule has 0 saturated carbocycles. The molecule has 0 amide bonds. The first kappa shape index (κ1) is 14.7. The molecule has 0 spiro atoms. The Hall–Kier alpha value is -2.24. The molecule has 2 aromatic heterocycles. The summed E-state index contributed by atoms with van der Waals surface area (Å²) in [6, 6.07) is 8.67. The summed E-state index contributed by atoms with van der Waals surface area (Å²) >= 11 is 12.2. The summed E-state index contributed by atoms with van der Waals surface area (Å²) in [6.45, 7) is 1.71. The van der Waals surface area contributed by atoms with Crippen LogP contribution in [0.25, 0.3) is 11.5 Å². The molecule has 0 fully saturated rings. The Bertz CT molecular complexity index is 854. The van der Waals surface area contributed by atoms with Crippen molar-refractivity contribution in [2.24, 2.45) is 0 Å². The fourth-order valence-electron chi connectivity index (χ4n) is 2.29. The van der Waals surface area contributed by atoms with Gasteiger partial charge in [0.2, 0.25) is 0 Å². The Morgan fingerprint density at radius 2 is 1.91 bits per heavy atom. The molecule has 1 aromatic carbocycles. The lowest BCUT2D eigenvalue weighted by molar-refractivity contribution is 0.0689. The fraction of sp³-hybridized carbons (Fsp3) is 0.0667. The first-order valence-electron chi connectivity index (χ1n) is 6.40. The average molecular weight is 336 g/mol. The molecule has 0 atom stereocenters. The van der Waals surface area contributed by atoms with E-state index in [0.29, 0.717) is 27.1 Å². The van der Waals surface area contributed by atoms with Crippen molar-refractivity contribution in [2.45, 2.75) is 6.92 Å². The van der Waals surface area contributed by atoms with Crippen LogP contribution >= 0.6 is 23.2 Å². The van der Waals surface area contributed by atoms with Crippen molar-refractivity contribution in [2.75, 3.05) is 0 Å². The van der Waals surface area contributed by atoms with Crippen molar-refractivity contribution < 1.29 is 9.90 Å². The Balaban J connectivity index is 2.31. The van der Waals surface area contributed by atoms with E-state index in [4.69, 9.17) is 23.2 Å². The van der Waals surface area contributed by atoms with E-state index in [2.05, 4.69) is 5.10 Å². The minimum absolute atomic E-state index is 0.0188. The maximum Gasteiger partial charge on any atom is 0.356 e. The number of carbonyl (C=O) groups is 1. The Morgan fingerprint density at radius 3 is 2.50 bits per heavy atom. The van der Waals surface area contributed by atoms with Crippen LogP contribution in [0.1, 0.15) is 16.1 Å². The van der Waals surface area contributed by atoms with Crippen LogP contribution < -0.4 is 0 Å². The predicted molar refractivity (Wildman–Crippen MR) is 84.6 cm³/mol. The van der Waals surface area contributed by atoms with Crippen LogP contribution in [-0.4, -0.2) is 25.4 Å². The normalized spacial score (nSPS) is 10.9. The van der Waals surface area contributed by atoms with Gasteiger partial charge in [0.15, 0.2) is 5.69 Å². The second-order valence-corrected chi connectivity index (χ2v) is 5.54. The van der Waals surface area contributed by atoms with Crippen LogP contribution in [0.5, 0.6) is 0 Å². The maximum absolute atomic E-state index is 11.4. The largest absolute Gasteiger partial charge is 0.476 e. The zero-order valence-electron chi connectivity index (χ0n) is 11.5. The van der Waals surface area contributed by atoms with Crippen molar-refractivity contribution in [1.82, 2.24) is 14.3 Å². The number of rotatable bonds is 3. The van der Waals surface area contributed by atoms with Gasteiger partial charge in [-0.2, -0.15) is 5.10 Å². The number of hydrogen-bond donors (Lipinski definition) is 1. The number of aromatic nitrogens is 3. The van der Waals surface area contributed by atoms with E-state index in [1.807, 2.05) is 24.5 Å². The van der Waals surface area contributed by atoms with Gasteiger partial charge in [0.05, 0.1) is 10.7 Å². The molecular weight excluding hydrogens is 325 g/mol. The van der Waals surface area contributed by atoms with E-state index >= 15 is 0 Å². The lowest BCUT2D eigenvalue weighted by atomic mass is 10.2. The van der Waals surface area contributed by atoms with Crippen LogP contribution in [0.2, 0.25) is 10.0 Å². The summed E-state index contributed by atoms with van der Waals surface area (Å²) in [5, 5.41) is 14.4. The van der Waals surface area contributed by atoms with E-state index in [-0.39, 0.29) is 5.69 Å². The first-order valence-corrected chi connectivity index (χ1v) is 7.16. The van der Waals surface area contributed by atoms with Crippen molar-refractivity contribution in [3.8, 4) is 11.5 Å².